The van der Waals surface area contributed by atoms with E-state index in [0.29, 0.717) is 15.8 Å². The molecule has 2 aliphatic heterocycles. The number of carbonyl (C=O) groups is 1. The van der Waals surface area contributed by atoms with Gasteiger partial charge in [0.1, 0.15) is 5.76 Å². The first kappa shape index (κ1) is 17.9. The molecular weight excluding hydrogens is 358 g/mol. The van der Waals surface area contributed by atoms with E-state index in [0.717, 1.165) is 24.7 Å². The molecule has 0 radical (unpaired) electrons. The van der Waals surface area contributed by atoms with Crippen LogP contribution in [0.15, 0.2) is 50.7 Å². The standard InChI is InChI=1S/C21H23N3O2S/c1-15-6-8-16(9-7-15)22-21-23(2)20(25)18(27-21)14-17-10-11-19(26-17)24-12-4-3-5-13-24/h6-11,14H,3-5,12-13H2,1-2H3/b18-14-,22-21?. The highest BCUT2D eigenvalue weighted by Crippen LogP contribution is 2.34. The van der Waals surface area contributed by atoms with Gasteiger partial charge in [0, 0.05) is 32.3 Å². The van der Waals surface area contributed by atoms with Gasteiger partial charge in [-0.05, 0) is 56.1 Å². The maximum absolute atomic E-state index is 12.6. The second-order valence-corrected chi connectivity index (χ2v) is 7.94. The quantitative estimate of drug-likeness (QED) is 0.716. The summed E-state index contributed by atoms with van der Waals surface area (Å²) in [6, 6.07) is 11.9. The van der Waals surface area contributed by atoms with E-state index >= 15 is 0 Å². The molecule has 1 aromatic heterocycles. The summed E-state index contributed by atoms with van der Waals surface area (Å²) in [6.07, 6.45) is 5.51. The number of nitrogens with zero attached hydrogens (tertiary/aromatic N) is 3. The number of piperidine rings is 1. The molecule has 2 fully saturated rings. The van der Waals surface area contributed by atoms with Crippen molar-refractivity contribution in [1.29, 1.82) is 0 Å². The summed E-state index contributed by atoms with van der Waals surface area (Å²) in [4.78, 5) is 21.7. The number of benzene rings is 1. The van der Waals surface area contributed by atoms with Crippen LogP contribution in [0.1, 0.15) is 30.6 Å². The van der Waals surface area contributed by atoms with Gasteiger partial charge < -0.3 is 9.32 Å². The van der Waals surface area contributed by atoms with Crippen molar-refractivity contribution in [3.63, 3.8) is 0 Å². The first-order chi connectivity index (χ1) is 13.1. The fourth-order valence-corrected chi connectivity index (χ4v) is 4.18. The molecule has 1 aromatic carbocycles. The van der Waals surface area contributed by atoms with Crippen LogP contribution in [0, 0.1) is 6.92 Å². The Morgan fingerprint density at radius 1 is 1.07 bits per heavy atom. The number of aliphatic imine (C=N–C) groups is 1. The Hall–Kier alpha value is -2.47. The fraction of sp³-hybridized carbons (Fsp3) is 0.333. The first-order valence-corrected chi connectivity index (χ1v) is 10.1. The molecule has 2 saturated heterocycles. The molecule has 27 heavy (non-hydrogen) atoms. The molecular formula is C21H23N3O2S. The number of hydrogen-bond acceptors (Lipinski definition) is 5. The number of carbonyl (C=O) groups excluding carboxylic acids is 1. The van der Waals surface area contributed by atoms with Crippen LogP contribution in [0.25, 0.3) is 6.08 Å². The predicted molar refractivity (Wildman–Crippen MR) is 111 cm³/mol. The van der Waals surface area contributed by atoms with Gasteiger partial charge in [-0.3, -0.25) is 9.69 Å². The van der Waals surface area contributed by atoms with E-state index in [-0.39, 0.29) is 5.91 Å². The predicted octanol–water partition coefficient (Wildman–Crippen LogP) is 4.81. The second kappa shape index (κ2) is 7.64. The van der Waals surface area contributed by atoms with Gasteiger partial charge in [0.2, 0.25) is 0 Å². The van der Waals surface area contributed by atoms with E-state index in [1.54, 1.807) is 11.9 Å². The van der Waals surface area contributed by atoms with Gasteiger partial charge in [-0.15, -0.1) is 0 Å². The third kappa shape index (κ3) is 3.95. The number of amidine groups is 1. The smallest absolute Gasteiger partial charge is 0.266 e. The van der Waals surface area contributed by atoms with Gasteiger partial charge >= 0.3 is 0 Å². The summed E-state index contributed by atoms with van der Waals surface area (Å²) in [7, 11) is 1.75. The normalized spacial score (nSPS) is 20.9. The molecule has 0 bridgehead atoms. The van der Waals surface area contributed by atoms with Crippen molar-refractivity contribution in [2.24, 2.45) is 4.99 Å². The molecule has 1 amide bonds. The number of likely N-dealkylation sites (N-methyl/N-ethyl adjacent to an activating group) is 1. The van der Waals surface area contributed by atoms with Crippen LogP contribution < -0.4 is 4.90 Å². The molecule has 2 aromatic rings. The van der Waals surface area contributed by atoms with Crippen LogP contribution in [0.4, 0.5) is 11.6 Å². The van der Waals surface area contributed by atoms with Crippen LogP contribution in [0.2, 0.25) is 0 Å². The van der Waals surface area contributed by atoms with Gasteiger partial charge in [-0.1, -0.05) is 17.7 Å². The number of rotatable bonds is 3. The zero-order valence-corrected chi connectivity index (χ0v) is 16.5. The average Bonchev–Trinajstić information content (AvgIpc) is 3.26. The minimum atomic E-state index is -0.0539. The number of aryl methyl sites for hydroxylation is 1. The molecule has 0 spiro atoms. The minimum Gasteiger partial charge on any atom is -0.441 e. The van der Waals surface area contributed by atoms with E-state index in [4.69, 9.17) is 4.42 Å². The Balaban J connectivity index is 1.53. The molecule has 6 heteroatoms. The maximum atomic E-state index is 12.6. The largest absolute Gasteiger partial charge is 0.441 e. The summed E-state index contributed by atoms with van der Waals surface area (Å²) in [6.45, 7) is 4.11. The molecule has 0 unspecified atom stereocenters. The molecule has 3 heterocycles. The molecule has 0 saturated carbocycles. The van der Waals surface area contributed by atoms with Gasteiger partial charge in [0.25, 0.3) is 5.91 Å². The Morgan fingerprint density at radius 2 is 1.81 bits per heavy atom. The zero-order valence-electron chi connectivity index (χ0n) is 15.6. The SMILES string of the molecule is Cc1ccc(N=C2S/C(=C\c3ccc(N4CCCCC4)o3)C(=O)N2C)cc1. The number of hydrogen-bond donors (Lipinski definition) is 0. The number of thioether (sulfide) groups is 1. The van der Waals surface area contributed by atoms with Gasteiger partial charge in [0.05, 0.1) is 10.6 Å². The van der Waals surface area contributed by atoms with Gasteiger partial charge in [-0.25, -0.2) is 4.99 Å². The van der Waals surface area contributed by atoms with Crippen molar-refractivity contribution >= 4 is 40.5 Å². The summed E-state index contributed by atoms with van der Waals surface area (Å²) in [5.41, 5.74) is 2.03. The van der Waals surface area contributed by atoms with Crippen molar-refractivity contribution in [1.82, 2.24) is 4.90 Å². The van der Waals surface area contributed by atoms with Gasteiger partial charge in [0.15, 0.2) is 11.1 Å². The molecule has 4 rings (SSSR count). The summed E-state index contributed by atoms with van der Waals surface area (Å²) in [5.74, 6) is 1.54. The van der Waals surface area contributed by atoms with Crippen molar-refractivity contribution < 1.29 is 9.21 Å². The monoisotopic (exact) mass is 381 g/mol. The average molecular weight is 382 g/mol. The van der Waals surface area contributed by atoms with Crippen molar-refractivity contribution in [3.8, 4) is 0 Å². The number of furan rings is 1. The Bertz CT molecular complexity index is 892. The lowest BCUT2D eigenvalue weighted by molar-refractivity contribution is -0.121. The van der Waals surface area contributed by atoms with E-state index in [1.807, 2.05) is 49.4 Å². The lowest BCUT2D eigenvalue weighted by atomic mass is 10.1. The Morgan fingerprint density at radius 3 is 2.56 bits per heavy atom. The van der Waals surface area contributed by atoms with Crippen molar-refractivity contribution in [2.75, 3.05) is 25.0 Å². The molecule has 5 nitrogen and oxygen atoms in total. The van der Waals surface area contributed by atoms with E-state index in [2.05, 4.69) is 9.89 Å². The second-order valence-electron chi connectivity index (χ2n) is 6.93. The highest BCUT2D eigenvalue weighted by atomic mass is 32.2. The van der Waals surface area contributed by atoms with Crippen LogP contribution >= 0.6 is 11.8 Å². The summed E-state index contributed by atoms with van der Waals surface area (Å²) >= 11 is 1.38. The van der Waals surface area contributed by atoms with Crippen LogP contribution in [0.5, 0.6) is 0 Å². The molecule has 0 atom stereocenters. The van der Waals surface area contributed by atoms with Gasteiger partial charge in [-0.2, -0.15) is 0 Å². The molecule has 0 aliphatic carbocycles. The van der Waals surface area contributed by atoms with Crippen molar-refractivity contribution in [2.45, 2.75) is 26.2 Å². The highest BCUT2D eigenvalue weighted by Gasteiger charge is 2.30. The molecule has 0 N–H and O–H groups in total. The Labute approximate surface area is 163 Å². The van der Waals surface area contributed by atoms with Crippen LogP contribution in [-0.4, -0.2) is 36.1 Å². The van der Waals surface area contributed by atoms with Crippen LogP contribution in [0.3, 0.4) is 0 Å². The third-order valence-corrected chi connectivity index (χ3v) is 5.88. The molecule has 2 aliphatic rings. The minimum absolute atomic E-state index is 0.0539. The molecule has 140 valence electrons. The zero-order chi connectivity index (χ0) is 18.8. The van der Waals surface area contributed by atoms with E-state index in [9.17, 15) is 4.79 Å². The lowest BCUT2D eigenvalue weighted by Crippen LogP contribution is -2.28. The topological polar surface area (TPSA) is 49.1 Å². The lowest BCUT2D eigenvalue weighted by Gasteiger charge is -2.25. The summed E-state index contributed by atoms with van der Waals surface area (Å²) < 4.78 is 5.96. The van der Waals surface area contributed by atoms with E-state index < -0.39 is 0 Å². The highest BCUT2D eigenvalue weighted by molar-refractivity contribution is 8.18. The van der Waals surface area contributed by atoms with Crippen molar-refractivity contribution in [3.05, 3.63) is 52.6 Å². The fourth-order valence-electron chi connectivity index (χ4n) is 3.21. The maximum Gasteiger partial charge on any atom is 0.266 e. The first-order valence-electron chi connectivity index (χ1n) is 9.28. The van der Waals surface area contributed by atoms with Crippen LogP contribution in [-0.2, 0) is 4.79 Å². The third-order valence-electron chi connectivity index (χ3n) is 4.82. The summed E-state index contributed by atoms with van der Waals surface area (Å²) in [5, 5.41) is 0.679. The number of amides is 1. The van der Waals surface area contributed by atoms with E-state index in [1.165, 1.54) is 36.6 Å². The Kier molecular flexibility index (Phi) is 5.07. The number of anilines is 1.